The molecule has 0 amide bonds. The second-order valence-corrected chi connectivity index (χ2v) is 6.58. The zero-order chi connectivity index (χ0) is 19.5. The van der Waals surface area contributed by atoms with Crippen LogP contribution in [-0.2, 0) is 0 Å². The van der Waals surface area contributed by atoms with Crippen molar-refractivity contribution in [3.63, 3.8) is 0 Å². The molecule has 1 saturated heterocycles. The van der Waals surface area contributed by atoms with Crippen molar-refractivity contribution >= 4 is 11.5 Å². The van der Waals surface area contributed by atoms with E-state index in [1.165, 1.54) is 18.9 Å². The van der Waals surface area contributed by atoms with Crippen molar-refractivity contribution in [3.8, 4) is 11.5 Å². The van der Waals surface area contributed by atoms with Crippen LogP contribution in [0.25, 0.3) is 5.70 Å². The maximum atomic E-state index is 12.7. The maximum absolute atomic E-state index is 12.7. The highest BCUT2D eigenvalue weighted by Gasteiger charge is 2.21. The van der Waals surface area contributed by atoms with Gasteiger partial charge in [-0.15, -0.1) is 0 Å². The van der Waals surface area contributed by atoms with Gasteiger partial charge in [0.1, 0.15) is 5.84 Å². The summed E-state index contributed by atoms with van der Waals surface area (Å²) in [4.78, 5) is 9.12. The summed E-state index contributed by atoms with van der Waals surface area (Å²) >= 11 is 0. The molecule has 4 rings (SSSR count). The molecule has 3 aliphatic heterocycles. The number of fused-ring (bicyclic) bond motifs is 1. The number of hydrogen-bond donors (Lipinski definition) is 1. The maximum Gasteiger partial charge on any atom is 0.387 e. The first-order valence-corrected chi connectivity index (χ1v) is 9.18. The molecule has 0 radical (unpaired) electrons. The standard InChI is InChI=1S/C20H22F2N4O2/c1-27-17-4-2-14(12-18(17)28-20(21)22)16-6-9-26-13-15(3-5-19(26)24-16)25-10-7-23-8-11-25/h2-6,12-13,20,23H,7-11H2,1H3. The molecule has 3 heterocycles. The van der Waals surface area contributed by atoms with Crippen molar-refractivity contribution in [3.05, 3.63) is 53.9 Å². The molecule has 0 atom stereocenters. The zero-order valence-corrected chi connectivity index (χ0v) is 15.6. The van der Waals surface area contributed by atoms with Crippen molar-refractivity contribution in [1.29, 1.82) is 0 Å². The third kappa shape index (κ3) is 3.87. The molecule has 1 aromatic rings. The van der Waals surface area contributed by atoms with Crippen LogP contribution in [0.3, 0.4) is 0 Å². The minimum absolute atomic E-state index is 0.00129. The molecule has 8 heteroatoms. The number of halogens is 2. The van der Waals surface area contributed by atoms with Gasteiger partial charge in [-0.25, -0.2) is 4.99 Å². The average molecular weight is 388 g/mol. The molecule has 0 saturated carbocycles. The summed E-state index contributed by atoms with van der Waals surface area (Å²) in [6, 6.07) is 4.93. The summed E-state index contributed by atoms with van der Waals surface area (Å²) in [6.07, 6.45) is 8.15. The fraction of sp³-hybridized carbons (Fsp3) is 0.350. The lowest BCUT2D eigenvalue weighted by Gasteiger charge is -2.34. The van der Waals surface area contributed by atoms with Gasteiger partial charge in [0.25, 0.3) is 0 Å². The highest BCUT2D eigenvalue weighted by atomic mass is 19.3. The largest absolute Gasteiger partial charge is 0.493 e. The molecule has 1 fully saturated rings. The van der Waals surface area contributed by atoms with Crippen LogP contribution in [0.2, 0.25) is 0 Å². The molecule has 0 aromatic heterocycles. The summed E-state index contributed by atoms with van der Waals surface area (Å²) in [7, 11) is 1.42. The molecular formula is C20H22F2N4O2. The monoisotopic (exact) mass is 388 g/mol. The number of nitrogens with zero attached hydrogens (tertiary/aromatic N) is 3. The number of aliphatic imine (C=N–C) groups is 1. The van der Waals surface area contributed by atoms with Gasteiger partial charge in [0.05, 0.1) is 18.5 Å². The molecule has 0 spiro atoms. The molecule has 28 heavy (non-hydrogen) atoms. The van der Waals surface area contributed by atoms with Crippen LogP contribution < -0.4 is 14.8 Å². The van der Waals surface area contributed by atoms with Gasteiger partial charge in [-0.1, -0.05) is 0 Å². The molecule has 148 valence electrons. The Labute approximate surface area is 162 Å². The number of alkyl halides is 2. The Morgan fingerprint density at radius 1 is 1.14 bits per heavy atom. The van der Waals surface area contributed by atoms with E-state index in [4.69, 9.17) is 4.74 Å². The lowest BCUT2D eigenvalue weighted by molar-refractivity contribution is -0.0512. The van der Waals surface area contributed by atoms with E-state index in [0.717, 1.165) is 37.7 Å². The van der Waals surface area contributed by atoms with Gasteiger partial charge >= 0.3 is 6.61 Å². The predicted octanol–water partition coefficient (Wildman–Crippen LogP) is 2.67. The summed E-state index contributed by atoms with van der Waals surface area (Å²) in [6.45, 7) is 1.67. The molecule has 0 aliphatic carbocycles. The van der Waals surface area contributed by atoms with Crippen LogP contribution in [0.15, 0.2) is 53.3 Å². The van der Waals surface area contributed by atoms with Crippen LogP contribution in [0, 0.1) is 0 Å². The molecule has 3 aliphatic rings. The van der Waals surface area contributed by atoms with E-state index < -0.39 is 6.61 Å². The Morgan fingerprint density at radius 2 is 1.96 bits per heavy atom. The number of methoxy groups -OCH3 is 1. The fourth-order valence-corrected chi connectivity index (χ4v) is 3.44. The van der Waals surface area contributed by atoms with Crippen LogP contribution in [0.1, 0.15) is 5.56 Å². The molecule has 0 unspecified atom stereocenters. The second kappa shape index (κ2) is 8.02. The predicted molar refractivity (Wildman–Crippen MR) is 103 cm³/mol. The molecule has 6 nitrogen and oxygen atoms in total. The molecule has 1 aromatic carbocycles. The van der Waals surface area contributed by atoms with Gasteiger partial charge in [-0.05, 0) is 36.4 Å². The molecule has 0 bridgehead atoms. The number of allylic oxidation sites excluding steroid dienone is 1. The first-order valence-electron chi connectivity index (χ1n) is 9.18. The smallest absolute Gasteiger partial charge is 0.387 e. The van der Waals surface area contributed by atoms with Gasteiger partial charge in [0, 0.05) is 44.5 Å². The minimum Gasteiger partial charge on any atom is -0.493 e. The van der Waals surface area contributed by atoms with Gasteiger partial charge in [0.2, 0.25) is 0 Å². The third-order valence-electron chi connectivity index (χ3n) is 4.86. The van der Waals surface area contributed by atoms with Crippen molar-refractivity contribution in [2.45, 2.75) is 6.61 Å². The SMILES string of the molecule is COc1ccc(C2=CCN3C=C(N4CCNCC4)C=CC3=N2)cc1OC(F)F. The summed E-state index contributed by atoms with van der Waals surface area (Å²) in [5, 5.41) is 3.35. The Kier molecular flexibility index (Phi) is 5.29. The van der Waals surface area contributed by atoms with Gasteiger partial charge < -0.3 is 24.6 Å². The highest BCUT2D eigenvalue weighted by Crippen LogP contribution is 2.33. The Hall–Kier alpha value is -2.87. The van der Waals surface area contributed by atoms with E-state index in [9.17, 15) is 8.78 Å². The number of rotatable bonds is 5. The number of ether oxygens (including phenoxy) is 2. The van der Waals surface area contributed by atoms with Crippen molar-refractivity contribution < 1.29 is 18.3 Å². The number of benzene rings is 1. The van der Waals surface area contributed by atoms with E-state index in [1.54, 1.807) is 12.1 Å². The summed E-state index contributed by atoms with van der Waals surface area (Å²) < 4.78 is 35.0. The van der Waals surface area contributed by atoms with Crippen LogP contribution in [0.4, 0.5) is 8.78 Å². The molecule has 1 N–H and O–H groups in total. The van der Waals surface area contributed by atoms with Gasteiger partial charge in [-0.2, -0.15) is 8.78 Å². The van der Waals surface area contributed by atoms with Crippen molar-refractivity contribution in [1.82, 2.24) is 15.1 Å². The van der Waals surface area contributed by atoms with Gasteiger partial charge in [0.15, 0.2) is 11.5 Å². The lowest BCUT2D eigenvalue weighted by atomic mass is 10.1. The van der Waals surface area contributed by atoms with Crippen LogP contribution in [0.5, 0.6) is 11.5 Å². The zero-order valence-electron chi connectivity index (χ0n) is 15.6. The number of piperazine rings is 1. The normalized spacial score (nSPS) is 19.1. The highest BCUT2D eigenvalue weighted by molar-refractivity contribution is 6.00. The van der Waals surface area contributed by atoms with Crippen molar-refractivity contribution in [2.24, 2.45) is 4.99 Å². The Balaban J connectivity index is 1.54. The third-order valence-corrected chi connectivity index (χ3v) is 4.86. The first kappa shape index (κ1) is 18.5. The van der Waals surface area contributed by atoms with Crippen LogP contribution >= 0.6 is 0 Å². The number of nitrogens with one attached hydrogen (secondary N) is 1. The Morgan fingerprint density at radius 3 is 2.71 bits per heavy atom. The van der Waals surface area contributed by atoms with Gasteiger partial charge in [-0.3, -0.25) is 0 Å². The van der Waals surface area contributed by atoms with E-state index in [1.807, 2.05) is 12.2 Å². The van der Waals surface area contributed by atoms with E-state index >= 15 is 0 Å². The first-order chi connectivity index (χ1) is 13.6. The topological polar surface area (TPSA) is 49.3 Å². The Bertz CT molecular complexity index is 858. The lowest BCUT2D eigenvalue weighted by Crippen LogP contribution is -2.44. The fourth-order valence-electron chi connectivity index (χ4n) is 3.44. The van der Waals surface area contributed by atoms with Crippen molar-refractivity contribution in [2.75, 3.05) is 39.8 Å². The second-order valence-electron chi connectivity index (χ2n) is 6.58. The van der Waals surface area contributed by atoms with E-state index in [2.05, 4.69) is 37.1 Å². The molecular weight excluding hydrogens is 366 g/mol. The quantitative estimate of drug-likeness (QED) is 0.841. The van der Waals surface area contributed by atoms with E-state index in [0.29, 0.717) is 12.1 Å². The number of amidine groups is 1. The average Bonchev–Trinajstić information content (AvgIpc) is 2.73. The van der Waals surface area contributed by atoms with E-state index in [-0.39, 0.29) is 11.5 Å². The minimum atomic E-state index is -2.92. The van der Waals surface area contributed by atoms with Crippen LogP contribution in [-0.4, -0.2) is 62.1 Å². The summed E-state index contributed by atoms with van der Waals surface area (Å²) in [5.74, 6) is 1.08. The number of hydrogen-bond acceptors (Lipinski definition) is 6. The summed E-state index contributed by atoms with van der Waals surface area (Å²) in [5.41, 5.74) is 2.60.